The van der Waals surface area contributed by atoms with Crippen LogP contribution in [0, 0.1) is 11.8 Å². The van der Waals surface area contributed by atoms with E-state index in [1.54, 1.807) is 19.1 Å². The van der Waals surface area contributed by atoms with Gasteiger partial charge in [0.15, 0.2) is 0 Å². The Kier molecular flexibility index (Phi) is 5.12. The topological polar surface area (TPSA) is 60.4 Å². The highest BCUT2D eigenvalue weighted by Crippen LogP contribution is 2.42. The summed E-state index contributed by atoms with van der Waals surface area (Å²) in [7, 11) is 0. The fourth-order valence-corrected chi connectivity index (χ4v) is 3.01. The Labute approximate surface area is 128 Å². The Morgan fingerprint density at radius 3 is 2.62 bits per heavy atom. The summed E-state index contributed by atoms with van der Waals surface area (Å²) in [6, 6.07) is 7.12. The third kappa shape index (κ3) is 3.50. The lowest BCUT2D eigenvalue weighted by Crippen LogP contribution is -2.22. The van der Waals surface area contributed by atoms with Gasteiger partial charge in [0.25, 0.3) is 0 Å². The first-order valence-corrected chi connectivity index (χ1v) is 7.33. The van der Waals surface area contributed by atoms with Crippen molar-refractivity contribution in [3.05, 3.63) is 34.9 Å². The second kappa shape index (κ2) is 6.85. The summed E-state index contributed by atoms with van der Waals surface area (Å²) < 4.78 is 4.88. The van der Waals surface area contributed by atoms with Crippen LogP contribution in [0.3, 0.4) is 0 Å². The van der Waals surface area contributed by atoms with Crippen LogP contribution in [-0.4, -0.2) is 24.6 Å². The standard InChI is InChI=1S/C16H17ClO4/c1-2-21-16(20)8-13-14(9-18)12(7-15(13)19)10-3-5-11(17)6-4-10/h3-6,9,12-14H,2,7-8H2,1H3/t12-,13+,14-/m1/s1. The first-order valence-electron chi connectivity index (χ1n) is 6.96. The number of ketones is 1. The van der Waals surface area contributed by atoms with Crippen molar-refractivity contribution in [3.63, 3.8) is 0 Å². The molecule has 1 aromatic carbocycles. The summed E-state index contributed by atoms with van der Waals surface area (Å²) in [5, 5.41) is 0.605. The van der Waals surface area contributed by atoms with Crippen molar-refractivity contribution < 1.29 is 19.1 Å². The van der Waals surface area contributed by atoms with Gasteiger partial charge in [-0.1, -0.05) is 23.7 Å². The molecular formula is C16H17ClO4. The number of rotatable bonds is 5. The maximum absolute atomic E-state index is 12.1. The van der Waals surface area contributed by atoms with Gasteiger partial charge in [-0.15, -0.1) is 0 Å². The van der Waals surface area contributed by atoms with E-state index in [4.69, 9.17) is 16.3 Å². The molecule has 0 unspecified atom stereocenters. The molecule has 4 nitrogen and oxygen atoms in total. The van der Waals surface area contributed by atoms with Crippen LogP contribution in [0.25, 0.3) is 0 Å². The van der Waals surface area contributed by atoms with Gasteiger partial charge in [-0.25, -0.2) is 0 Å². The van der Waals surface area contributed by atoms with Crippen molar-refractivity contribution in [1.29, 1.82) is 0 Å². The Bertz CT molecular complexity index is 538. The van der Waals surface area contributed by atoms with E-state index >= 15 is 0 Å². The molecule has 5 heteroatoms. The third-order valence-electron chi connectivity index (χ3n) is 3.91. The molecule has 1 aliphatic carbocycles. The number of carbonyl (C=O) groups is 3. The average molecular weight is 309 g/mol. The maximum Gasteiger partial charge on any atom is 0.306 e. The lowest BCUT2D eigenvalue weighted by Gasteiger charge is -2.18. The van der Waals surface area contributed by atoms with E-state index < -0.39 is 17.8 Å². The van der Waals surface area contributed by atoms with Crippen LogP contribution in [0.15, 0.2) is 24.3 Å². The molecule has 1 aromatic rings. The van der Waals surface area contributed by atoms with Crippen LogP contribution < -0.4 is 0 Å². The fourth-order valence-electron chi connectivity index (χ4n) is 2.89. The first-order chi connectivity index (χ1) is 10.1. The fraction of sp³-hybridized carbons (Fsp3) is 0.438. The molecular weight excluding hydrogens is 292 g/mol. The third-order valence-corrected chi connectivity index (χ3v) is 4.16. The number of halogens is 1. The summed E-state index contributed by atoms with van der Waals surface area (Å²) in [5.41, 5.74) is 0.899. The van der Waals surface area contributed by atoms with Crippen LogP contribution in [0.5, 0.6) is 0 Å². The second-order valence-electron chi connectivity index (χ2n) is 5.16. The molecule has 0 N–H and O–H groups in total. The molecule has 0 aromatic heterocycles. The first kappa shape index (κ1) is 15.7. The molecule has 21 heavy (non-hydrogen) atoms. The van der Waals surface area contributed by atoms with Gasteiger partial charge < -0.3 is 9.53 Å². The molecule has 2 rings (SSSR count). The second-order valence-corrected chi connectivity index (χ2v) is 5.59. The summed E-state index contributed by atoms with van der Waals surface area (Å²) in [5.74, 6) is -1.74. The van der Waals surface area contributed by atoms with E-state index in [0.29, 0.717) is 5.02 Å². The maximum atomic E-state index is 12.1. The monoisotopic (exact) mass is 308 g/mol. The van der Waals surface area contributed by atoms with Crippen molar-refractivity contribution in [3.8, 4) is 0 Å². The predicted octanol–water partition coefficient (Wildman–Crippen LogP) is 2.78. The molecule has 0 amide bonds. The van der Waals surface area contributed by atoms with Gasteiger partial charge in [0.05, 0.1) is 13.0 Å². The molecule has 112 valence electrons. The molecule has 0 radical (unpaired) electrons. The van der Waals surface area contributed by atoms with Gasteiger partial charge in [0.2, 0.25) is 0 Å². The smallest absolute Gasteiger partial charge is 0.306 e. The lowest BCUT2D eigenvalue weighted by atomic mass is 9.84. The van der Waals surface area contributed by atoms with Crippen LogP contribution in [0.2, 0.25) is 5.02 Å². The van der Waals surface area contributed by atoms with Crippen molar-refractivity contribution in [1.82, 2.24) is 0 Å². The summed E-state index contributed by atoms with van der Waals surface area (Å²) >= 11 is 5.85. The summed E-state index contributed by atoms with van der Waals surface area (Å²) in [6.45, 7) is 1.98. The highest BCUT2D eigenvalue weighted by atomic mass is 35.5. The van der Waals surface area contributed by atoms with E-state index in [0.717, 1.165) is 11.8 Å². The number of hydrogen-bond acceptors (Lipinski definition) is 4. The molecule has 0 spiro atoms. The number of hydrogen-bond donors (Lipinski definition) is 0. The Morgan fingerprint density at radius 2 is 2.05 bits per heavy atom. The number of ether oxygens (including phenoxy) is 1. The van der Waals surface area contributed by atoms with Crippen molar-refractivity contribution in [2.45, 2.75) is 25.7 Å². The molecule has 1 saturated carbocycles. The molecule has 0 bridgehead atoms. The Hall–Kier alpha value is -1.68. The van der Waals surface area contributed by atoms with Gasteiger partial charge in [-0.05, 0) is 24.6 Å². The normalized spacial score (nSPS) is 24.9. The minimum atomic E-state index is -0.581. The largest absolute Gasteiger partial charge is 0.466 e. The highest BCUT2D eigenvalue weighted by molar-refractivity contribution is 6.30. The molecule has 0 aliphatic heterocycles. The molecule has 0 heterocycles. The molecule has 3 atom stereocenters. The van der Waals surface area contributed by atoms with Gasteiger partial charge in [-0.3, -0.25) is 9.59 Å². The van der Waals surface area contributed by atoms with Crippen molar-refractivity contribution >= 4 is 29.6 Å². The van der Waals surface area contributed by atoms with Crippen molar-refractivity contribution in [2.75, 3.05) is 6.61 Å². The summed E-state index contributed by atoms with van der Waals surface area (Å²) in [4.78, 5) is 35.2. The van der Waals surface area contributed by atoms with Gasteiger partial charge in [0.1, 0.15) is 12.1 Å². The molecule has 0 saturated heterocycles. The summed E-state index contributed by atoms with van der Waals surface area (Å²) in [6.07, 6.45) is 1.03. The minimum Gasteiger partial charge on any atom is -0.466 e. The number of Topliss-reactive ketones (excluding diaryl/α,β-unsaturated/α-hetero) is 1. The van der Waals surface area contributed by atoms with E-state index in [1.807, 2.05) is 12.1 Å². The molecule has 1 fully saturated rings. The van der Waals surface area contributed by atoms with E-state index in [2.05, 4.69) is 0 Å². The number of esters is 1. The lowest BCUT2D eigenvalue weighted by molar-refractivity contribution is -0.146. The minimum absolute atomic E-state index is 0.0276. The molecule has 1 aliphatic rings. The SMILES string of the molecule is CCOC(=O)C[C@@H]1C(=O)C[C@H](c2ccc(Cl)cc2)[C@H]1C=O. The van der Waals surface area contributed by atoms with Gasteiger partial charge >= 0.3 is 5.97 Å². The zero-order valence-corrected chi connectivity index (χ0v) is 12.5. The van der Waals surface area contributed by atoms with Crippen molar-refractivity contribution in [2.24, 2.45) is 11.8 Å². The van der Waals surface area contributed by atoms with Gasteiger partial charge in [0, 0.05) is 29.2 Å². The quantitative estimate of drug-likeness (QED) is 0.620. The van der Waals surface area contributed by atoms with E-state index in [-0.39, 0.29) is 31.1 Å². The zero-order valence-electron chi connectivity index (χ0n) is 11.8. The van der Waals surface area contributed by atoms with Crippen LogP contribution in [-0.2, 0) is 19.1 Å². The van der Waals surface area contributed by atoms with Crippen LogP contribution in [0.1, 0.15) is 31.2 Å². The van der Waals surface area contributed by atoms with Gasteiger partial charge in [-0.2, -0.15) is 0 Å². The zero-order chi connectivity index (χ0) is 15.4. The van der Waals surface area contributed by atoms with E-state index in [9.17, 15) is 14.4 Å². The Balaban J connectivity index is 2.18. The number of aldehydes is 1. The highest BCUT2D eigenvalue weighted by Gasteiger charge is 2.43. The average Bonchev–Trinajstić information content (AvgIpc) is 2.76. The van der Waals surface area contributed by atoms with Crippen LogP contribution in [0.4, 0.5) is 0 Å². The number of benzene rings is 1. The van der Waals surface area contributed by atoms with E-state index in [1.165, 1.54) is 0 Å². The number of carbonyl (C=O) groups excluding carboxylic acids is 3. The van der Waals surface area contributed by atoms with Crippen LogP contribution >= 0.6 is 11.6 Å². The Morgan fingerprint density at radius 1 is 1.38 bits per heavy atom. The predicted molar refractivity (Wildman–Crippen MR) is 78.1 cm³/mol.